The van der Waals surface area contributed by atoms with Crippen LogP contribution in [-0.4, -0.2) is 24.1 Å². The number of aromatic nitrogens is 5. The van der Waals surface area contributed by atoms with Crippen molar-refractivity contribution in [1.29, 1.82) is 0 Å². The third-order valence-corrected chi connectivity index (χ3v) is 12.4. The van der Waals surface area contributed by atoms with Crippen molar-refractivity contribution in [3.05, 3.63) is 212 Å². The van der Waals surface area contributed by atoms with E-state index in [1.807, 2.05) is 6.07 Å². The van der Waals surface area contributed by atoms with E-state index in [2.05, 4.69) is 215 Å². The Morgan fingerprint density at radius 2 is 0.794 bits per heavy atom. The van der Waals surface area contributed by atoms with Crippen molar-refractivity contribution in [2.24, 2.45) is 0 Å². The largest absolute Gasteiger partial charge is 0.456 e. The zero-order valence-electron chi connectivity index (χ0n) is 33.9. The summed E-state index contributed by atoms with van der Waals surface area (Å²) >= 11 is 0. The molecule has 4 aromatic heterocycles. The Morgan fingerprint density at radius 3 is 1.48 bits per heavy atom. The summed E-state index contributed by atoms with van der Waals surface area (Å²) in [7, 11) is 0. The van der Waals surface area contributed by atoms with Crippen LogP contribution in [0.25, 0.3) is 122 Å². The maximum Gasteiger partial charge on any atom is 0.238 e. The van der Waals surface area contributed by atoms with Gasteiger partial charge in [0.15, 0.2) is 11.6 Å². The van der Waals surface area contributed by atoms with Gasteiger partial charge in [-0.25, -0.2) is 4.98 Å². The number of nitrogens with zero attached hydrogens (tertiary/aromatic N) is 5. The van der Waals surface area contributed by atoms with Crippen molar-refractivity contribution in [3.8, 4) is 56.7 Å². The van der Waals surface area contributed by atoms with E-state index in [-0.39, 0.29) is 0 Å². The standard InChI is InChI=1S/C57H35N5O/c1-3-14-36(15-4-1)38-26-28-39(29-27-38)55-58-56(60-57(59-55)62-50-24-11-7-20-43(50)44-21-8-12-25-51(44)62)41-30-31-46-48-34-47-45-22-9-10-23-49(45)61(52(47)35-54(48)63-53(46)33-41)42-19-13-18-40(32-42)37-16-5-2-6-17-37/h1-35H. The van der Waals surface area contributed by atoms with Crippen molar-refractivity contribution in [2.75, 3.05) is 0 Å². The summed E-state index contributed by atoms with van der Waals surface area (Å²) in [5.41, 5.74) is 13.4. The third kappa shape index (κ3) is 5.69. The lowest BCUT2D eigenvalue weighted by atomic mass is 10.0. The van der Waals surface area contributed by atoms with E-state index >= 15 is 0 Å². The van der Waals surface area contributed by atoms with Gasteiger partial charge in [0.2, 0.25) is 5.95 Å². The lowest BCUT2D eigenvalue weighted by Crippen LogP contribution is -2.06. The molecule has 6 nitrogen and oxygen atoms in total. The molecule has 9 aromatic carbocycles. The highest BCUT2D eigenvalue weighted by Crippen LogP contribution is 2.40. The number of furan rings is 1. The molecular formula is C57H35N5O. The van der Waals surface area contributed by atoms with Crippen LogP contribution in [0.4, 0.5) is 0 Å². The first-order valence-corrected chi connectivity index (χ1v) is 21.2. The molecular weight excluding hydrogens is 771 g/mol. The predicted octanol–water partition coefficient (Wildman–Crippen LogP) is 14.6. The molecule has 63 heavy (non-hydrogen) atoms. The van der Waals surface area contributed by atoms with Gasteiger partial charge in [0, 0.05) is 55.2 Å². The molecule has 0 bridgehead atoms. The van der Waals surface area contributed by atoms with Gasteiger partial charge in [-0.15, -0.1) is 0 Å². The highest BCUT2D eigenvalue weighted by atomic mass is 16.3. The minimum absolute atomic E-state index is 0.552. The average molecular weight is 806 g/mol. The summed E-state index contributed by atoms with van der Waals surface area (Å²) in [5.74, 6) is 1.70. The van der Waals surface area contributed by atoms with Gasteiger partial charge in [0.25, 0.3) is 0 Å². The fourth-order valence-corrected chi connectivity index (χ4v) is 9.41. The van der Waals surface area contributed by atoms with Crippen molar-refractivity contribution in [2.45, 2.75) is 0 Å². The van der Waals surface area contributed by atoms with Gasteiger partial charge in [0.05, 0.1) is 22.1 Å². The van der Waals surface area contributed by atoms with E-state index in [1.165, 1.54) is 21.9 Å². The van der Waals surface area contributed by atoms with Crippen molar-refractivity contribution < 1.29 is 4.42 Å². The average Bonchev–Trinajstić information content (AvgIpc) is 4.00. The number of benzene rings is 9. The summed E-state index contributed by atoms with van der Waals surface area (Å²) < 4.78 is 11.3. The second kappa shape index (κ2) is 14.0. The maximum atomic E-state index is 6.80. The Morgan fingerprint density at radius 1 is 0.286 bits per heavy atom. The molecule has 0 N–H and O–H groups in total. The Labute approximate surface area is 361 Å². The molecule has 294 valence electrons. The van der Waals surface area contributed by atoms with Gasteiger partial charge < -0.3 is 8.98 Å². The molecule has 0 aliphatic rings. The lowest BCUT2D eigenvalue weighted by molar-refractivity contribution is 0.669. The Hall–Kier alpha value is -8.61. The maximum absolute atomic E-state index is 6.80. The topological polar surface area (TPSA) is 61.7 Å². The molecule has 0 saturated carbocycles. The van der Waals surface area contributed by atoms with Crippen molar-refractivity contribution in [3.63, 3.8) is 0 Å². The minimum Gasteiger partial charge on any atom is -0.456 e. The molecule has 0 atom stereocenters. The molecule has 0 saturated heterocycles. The Kier molecular flexibility index (Phi) is 7.80. The molecule has 0 unspecified atom stereocenters. The van der Waals surface area contributed by atoms with Crippen LogP contribution in [0.1, 0.15) is 0 Å². The zero-order chi connectivity index (χ0) is 41.4. The molecule has 0 spiro atoms. The number of para-hydroxylation sites is 3. The molecule has 0 amide bonds. The lowest BCUT2D eigenvalue weighted by Gasteiger charge is -2.11. The first-order valence-electron chi connectivity index (χ1n) is 21.2. The van der Waals surface area contributed by atoms with E-state index < -0.39 is 0 Å². The fourth-order valence-electron chi connectivity index (χ4n) is 9.41. The van der Waals surface area contributed by atoms with Gasteiger partial charge >= 0.3 is 0 Å². The summed E-state index contributed by atoms with van der Waals surface area (Å²) in [6, 6.07) is 74.4. The molecule has 0 aliphatic heterocycles. The monoisotopic (exact) mass is 805 g/mol. The smallest absolute Gasteiger partial charge is 0.238 e. The molecule has 13 aromatic rings. The highest BCUT2D eigenvalue weighted by molar-refractivity contribution is 6.17. The Balaban J connectivity index is 0.983. The van der Waals surface area contributed by atoms with Crippen LogP contribution in [0.2, 0.25) is 0 Å². The van der Waals surface area contributed by atoms with Crippen molar-refractivity contribution >= 4 is 65.6 Å². The van der Waals surface area contributed by atoms with Gasteiger partial charge in [-0.1, -0.05) is 158 Å². The molecule has 0 fully saturated rings. The van der Waals surface area contributed by atoms with Gasteiger partial charge in [-0.3, -0.25) is 4.57 Å². The van der Waals surface area contributed by atoms with E-state index in [4.69, 9.17) is 19.4 Å². The zero-order valence-corrected chi connectivity index (χ0v) is 33.9. The molecule has 6 heteroatoms. The second-order valence-corrected chi connectivity index (χ2v) is 16.0. The van der Waals surface area contributed by atoms with E-state index in [1.54, 1.807) is 0 Å². The SMILES string of the molecule is c1ccc(-c2ccc(-c3nc(-c4ccc5c(c4)oc4cc6c(cc45)c4ccccc4n6-c4cccc(-c5ccccc5)c4)nc(-n4c5ccccc5c5ccccc54)n3)cc2)cc1. The van der Waals surface area contributed by atoms with Crippen molar-refractivity contribution in [1.82, 2.24) is 24.1 Å². The first-order chi connectivity index (χ1) is 31.2. The first kappa shape index (κ1) is 35.2. The molecule has 0 radical (unpaired) electrons. The molecule has 13 rings (SSSR count). The normalized spacial score (nSPS) is 11.8. The number of fused-ring (bicyclic) bond motifs is 9. The quantitative estimate of drug-likeness (QED) is 0.168. The van der Waals surface area contributed by atoms with Crippen LogP contribution < -0.4 is 0 Å². The summed E-state index contributed by atoms with van der Waals surface area (Å²) in [5, 5.41) is 6.75. The van der Waals surface area contributed by atoms with Crippen LogP contribution in [0.15, 0.2) is 217 Å². The van der Waals surface area contributed by atoms with E-state index in [0.29, 0.717) is 17.6 Å². The van der Waals surface area contributed by atoms with Crippen LogP contribution in [0.5, 0.6) is 0 Å². The van der Waals surface area contributed by atoms with Gasteiger partial charge in [-0.05, 0) is 70.8 Å². The van der Waals surface area contributed by atoms with Crippen LogP contribution >= 0.6 is 0 Å². The summed E-state index contributed by atoms with van der Waals surface area (Å²) in [6.45, 7) is 0. The highest BCUT2D eigenvalue weighted by Gasteiger charge is 2.20. The fraction of sp³-hybridized carbons (Fsp3) is 0. The summed E-state index contributed by atoms with van der Waals surface area (Å²) in [6.07, 6.45) is 0. The molecule has 0 aliphatic carbocycles. The number of hydrogen-bond acceptors (Lipinski definition) is 4. The van der Waals surface area contributed by atoms with Gasteiger partial charge in [0.1, 0.15) is 11.2 Å². The van der Waals surface area contributed by atoms with E-state index in [0.717, 1.165) is 82.7 Å². The van der Waals surface area contributed by atoms with Gasteiger partial charge in [-0.2, -0.15) is 9.97 Å². The number of hydrogen-bond donors (Lipinski definition) is 0. The third-order valence-electron chi connectivity index (χ3n) is 12.4. The summed E-state index contributed by atoms with van der Waals surface area (Å²) in [4.78, 5) is 15.6. The minimum atomic E-state index is 0.552. The van der Waals surface area contributed by atoms with E-state index in [9.17, 15) is 0 Å². The second-order valence-electron chi connectivity index (χ2n) is 16.0. The predicted molar refractivity (Wildman–Crippen MR) is 258 cm³/mol. The van der Waals surface area contributed by atoms with Crippen LogP contribution in [-0.2, 0) is 0 Å². The van der Waals surface area contributed by atoms with Crippen LogP contribution in [0.3, 0.4) is 0 Å². The number of rotatable bonds is 6. The van der Waals surface area contributed by atoms with Crippen LogP contribution in [0, 0.1) is 0 Å². The Bertz CT molecular complexity index is 3850. The molecule has 4 heterocycles.